The van der Waals surface area contributed by atoms with Crippen molar-refractivity contribution in [2.75, 3.05) is 7.11 Å². The number of hydrogen-bond acceptors (Lipinski definition) is 3. The lowest BCUT2D eigenvalue weighted by molar-refractivity contribution is 0.415. The molecular weight excluding hydrogens is 208 g/mol. The van der Waals surface area contributed by atoms with E-state index in [1.807, 2.05) is 27.7 Å². The average Bonchev–Trinajstić information content (AvgIpc) is 2.23. The summed E-state index contributed by atoms with van der Waals surface area (Å²) in [6, 6.07) is 0. The first kappa shape index (κ1) is 12.0. The molecule has 1 aromatic rings. The first-order chi connectivity index (χ1) is 6.91. The first-order valence-electron chi connectivity index (χ1n) is 4.79. The van der Waals surface area contributed by atoms with Gasteiger partial charge in [-0.15, -0.1) is 0 Å². The van der Waals surface area contributed by atoms with Crippen molar-refractivity contribution in [3.63, 3.8) is 0 Å². The zero-order chi connectivity index (χ0) is 11.7. The second kappa shape index (κ2) is 4.19. The highest BCUT2D eigenvalue weighted by molar-refractivity contribution is 7.80. The summed E-state index contributed by atoms with van der Waals surface area (Å²) in [4.78, 5) is 0. The van der Waals surface area contributed by atoms with Gasteiger partial charge in [0.1, 0.15) is 5.75 Å². The average molecular weight is 224 g/mol. The van der Waals surface area contributed by atoms with Crippen LogP contribution in [0.15, 0.2) is 0 Å². The van der Waals surface area contributed by atoms with Gasteiger partial charge in [0.25, 0.3) is 0 Å². The highest BCUT2D eigenvalue weighted by atomic mass is 32.1. The summed E-state index contributed by atoms with van der Waals surface area (Å²) >= 11 is 5.16. The Bertz CT molecular complexity index is 393. The largest absolute Gasteiger partial charge is 0.507 e. The van der Waals surface area contributed by atoms with E-state index < -0.39 is 0 Å². The van der Waals surface area contributed by atoms with Crippen molar-refractivity contribution in [2.24, 2.45) is 0 Å². The molecule has 15 heavy (non-hydrogen) atoms. The van der Waals surface area contributed by atoms with E-state index in [-0.39, 0.29) is 0 Å². The summed E-state index contributed by atoms with van der Waals surface area (Å²) < 4.78 is 5.10. The van der Waals surface area contributed by atoms with Gasteiger partial charge in [0.15, 0.2) is 5.05 Å². The third kappa shape index (κ3) is 1.84. The van der Waals surface area contributed by atoms with Crippen molar-refractivity contribution in [1.82, 2.24) is 0 Å². The third-order valence-corrected chi connectivity index (χ3v) is 3.35. The second-order valence-electron chi connectivity index (χ2n) is 3.72. The number of methoxy groups -OCH3 is 1. The Kier molecular flexibility index (Phi) is 3.35. The molecule has 0 saturated carbocycles. The highest BCUT2D eigenvalue weighted by Crippen LogP contribution is 2.31. The van der Waals surface area contributed by atoms with Crippen LogP contribution in [0.1, 0.15) is 27.8 Å². The molecule has 0 saturated heterocycles. The molecule has 0 amide bonds. The summed E-state index contributed by atoms with van der Waals surface area (Å²) in [6.07, 6.45) is 0. The molecule has 0 aromatic heterocycles. The summed E-state index contributed by atoms with van der Waals surface area (Å²) in [5.74, 6) is 0.354. The van der Waals surface area contributed by atoms with Crippen molar-refractivity contribution < 1.29 is 9.84 Å². The van der Waals surface area contributed by atoms with E-state index in [0.717, 1.165) is 27.8 Å². The maximum atomic E-state index is 9.86. The first-order valence-corrected chi connectivity index (χ1v) is 5.20. The Labute approximate surface area is 95.9 Å². The molecule has 0 heterocycles. The molecule has 3 heteroatoms. The minimum atomic E-state index is 0.354. The van der Waals surface area contributed by atoms with E-state index in [1.54, 1.807) is 7.11 Å². The fourth-order valence-electron chi connectivity index (χ4n) is 1.70. The van der Waals surface area contributed by atoms with Crippen LogP contribution in [0.5, 0.6) is 5.75 Å². The number of thiocarbonyl (C=S) groups is 1. The molecule has 1 rings (SSSR count). The van der Waals surface area contributed by atoms with Crippen molar-refractivity contribution in [1.29, 1.82) is 0 Å². The quantitative estimate of drug-likeness (QED) is 0.744. The van der Waals surface area contributed by atoms with Gasteiger partial charge in [0.2, 0.25) is 0 Å². The fourth-order valence-corrected chi connectivity index (χ4v) is 2.01. The van der Waals surface area contributed by atoms with Gasteiger partial charge in [-0.1, -0.05) is 0 Å². The molecule has 1 N–H and O–H groups in total. The minimum Gasteiger partial charge on any atom is -0.507 e. The molecule has 0 aliphatic carbocycles. The lowest BCUT2D eigenvalue weighted by Crippen LogP contribution is -2.08. The van der Waals surface area contributed by atoms with Gasteiger partial charge in [-0.3, -0.25) is 0 Å². The van der Waals surface area contributed by atoms with Gasteiger partial charge in [0.05, 0.1) is 7.11 Å². The molecule has 0 radical (unpaired) electrons. The summed E-state index contributed by atoms with van der Waals surface area (Å²) in [7, 11) is 1.57. The Morgan fingerprint density at radius 2 is 1.40 bits per heavy atom. The molecule has 0 fully saturated rings. The number of rotatable bonds is 1. The molecular formula is C12H16O2S. The van der Waals surface area contributed by atoms with E-state index >= 15 is 0 Å². The lowest BCUT2D eigenvalue weighted by atomic mass is 9.93. The number of phenols is 1. The molecule has 0 aliphatic heterocycles. The van der Waals surface area contributed by atoms with Crippen LogP contribution in [0.2, 0.25) is 0 Å². The Morgan fingerprint density at radius 1 is 1.00 bits per heavy atom. The second-order valence-corrected chi connectivity index (χ2v) is 4.09. The molecule has 82 valence electrons. The van der Waals surface area contributed by atoms with E-state index in [0.29, 0.717) is 10.8 Å². The normalized spacial score (nSPS) is 10.2. The zero-order valence-electron chi connectivity index (χ0n) is 9.76. The van der Waals surface area contributed by atoms with Crippen molar-refractivity contribution in [2.45, 2.75) is 27.7 Å². The number of hydrogen-bond donors (Lipinski definition) is 1. The Balaban J connectivity index is 3.60. The van der Waals surface area contributed by atoms with Gasteiger partial charge in [-0.2, -0.15) is 0 Å². The Hall–Kier alpha value is -1.09. The number of aromatic hydroxyl groups is 1. The van der Waals surface area contributed by atoms with Crippen LogP contribution >= 0.6 is 12.2 Å². The van der Waals surface area contributed by atoms with Crippen molar-refractivity contribution >= 4 is 17.3 Å². The zero-order valence-corrected chi connectivity index (χ0v) is 10.6. The van der Waals surface area contributed by atoms with Crippen LogP contribution in [0, 0.1) is 27.7 Å². The fraction of sp³-hybridized carbons (Fsp3) is 0.417. The lowest BCUT2D eigenvalue weighted by Gasteiger charge is -2.17. The SMILES string of the molecule is COC(=S)c1c(C)c(C)c(O)c(C)c1C. The predicted molar refractivity (Wildman–Crippen MR) is 65.8 cm³/mol. The maximum Gasteiger partial charge on any atom is 0.191 e. The van der Waals surface area contributed by atoms with E-state index in [2.05, 4.69) is 0 Å². The van der Waals surface area contributed by atoms with E-state index in [4.69, 9.17) is 17.0 Å². The van der Waals surface area contributed by atoms with Crippen molar-refractivity contribution in [3.8, 4) is 5.75 Å². The van der Waals surface area contributed by atoms with Crippen LogP contribution in [0.4, 0.5) is 0 Å². The van der Waals surface area contributed by atoms with Gasteiger partial charge >= 0.3 is 0 Å². The summed E-state index contributed by atoms with van der Waals surface area (Å²) in [5, 5.41) is 10.3. The van der Waals surface area contributed by atoms with Crippen LogP contribution < -0.4 is 0 Å². The third-order valence-electron chi connectivity index (χ3n) is 2.97. The molecule has 0 aliphatic rings. The number of ether oxygens (including phenoxy) is 1. The summed E-state index contributed by atoms with van der Waals surface area (Å²) in [5.41, 5.74) is 4.64. The van der Waals surface area contributed by atoms with Crippen LogP contribution in [0.3, 0.4) is 0 Å². The molecule has 0 spiro atoms. The molecule has 0 unspecified atom stereocenters. The maximum absolute atomic E-state index is 9.86. The molecule has 0 bridgehead atoms. The van der Waals surface area contributed by atoms with Gasteiger partial charge in [-0.05, 0) is 62.2 Å². The number of benzene rings is 1. The van der Waals surface area contributed by atoms with Crippen LogP contribution in [-0.4, -0.2) is 17.3 Å². The summed E-state index contributed by atoms with van der Waals surface area (Å²) in [6.45, 7) is 7.67. The topological polar surface area (TPSA) is 29.5 Å². The van der Waals surface area contributed by atoms with E-state index in [9.17, 15) is 5.11 Å². The molecule has 1 aromatic carbocycles. The molecule has 0 atom stereocenters. The van der Waals surface area contributed by atoms with Crippen LogP contribution in [-0.2, 0) is 4.74 Å². The molecule has 2 nitrogen and oxygen atoms in total. The monoisotopic (exact) mass is 224 g/mol. The van der Waals surface area contributed by atoms with Crippen LogP contribution in [0.25, 0.3) is 0 Å². The van der Waals surface area contributed by atoms with E-state index in [1.165, 1.54) is 0 Å². The standard InChI is InChI=1S/C12H16O2S/c1-6-8(3)11(13)9(4)7(2)10(6)12(15)14-5/h13H,1-5H3. The van der Waals surface area contributed by atoms with Gasteiger partial charge < -0.3 is 9.84 Å². The smallest absolute Gasteiger partial charge is 0.191 e. The Morgan fingerprint density at radius 3 is 1.73 bits per heavy atom. The minimum absolute atomic E-state index is 0.354. The highest BCUT2D eigenvalue weighted by Gasteiger charge is 2.17. The number of phenolic OH excluding ortho intramolecular Hbond substituents is 1. The van der Waals surface area contributed by atoms with Gasteiger partial charge in [0, 0.05) is 5.56 Å². The van der Waals surface area contributed by atoms with Crippen molar-refractivity contribution in [3.05, 3.63) is 27.8 Å². The predicted octanol–water partition coefficient (Wildman–Crippen LogP) is 2.95. The van der Waals surface area contributed by atoms with Gasteiger partial charge in [-0.25, -0.2) is 0 Å².